The van der Waals surface area contributed by atoms with Gasteiger partial charge in [-0.3, -0.25) is 0 Å². The van der Waals surface area contributed by atoms with E-state index in [0.29, 0.717) is 0 Å². The smallest absolute Gasteiger partial charge is 0.0530 e. The third-order valence-corrected chi connectivity index (χ3v) is 4.83. The molecule has 0 nitrogen and oxygen atoms in total. The van der Waals surface area contributed by atoms with Crippen LogP contribution in [0.4, 0.5) is 0 Å². The van der Waals surface area contributed by atoms with Crippen molar-refractivity contribution in [3.63, 3.8) is 0 Å². The summed E-state index contributed by atoms with van der Waals surface area (Å²) in [5, 5.41) is 0. The lowest BCUT2D eigenvalue weighted by molar-refractivity contribution is 1.60. The predicted octanol–water partition coefficient (Wildman–Crippen LogP) is 4.47. The molecule has 0 spiro atoms. The van der Waals surface area contributed by atoms with Crippen molar-refractivity contribution in [1.82, 2.24) is 0 Å². The van der Waals surface area contributed by atoms with Gasteiger partial charge in [0.25, 0.3) is 0 Å². The van der Waals surface area contributed by atoms with Gasteiger partial charge in [-0.1, -0.05) is 6.58 Å². The van der Waals surface area contributed by atoms with Crippen molar-refractivity contribution < 1.29 is 0 Å². The van der Waals surface area contributed by atoms with Crippen LogP contribution in [0.25, 0.3) is 15.3 Å². The molecular weight excluding hydrogens is 208 g/mol. The minimum absolute atomic E-state index is 1.21. The number of fused-ring (bicyclic) bond motifs is 3. The number of aryl methyl sites for hydroxylation is 2. The molecule has 14 heavy (non-hydrogen) atoms. The Kier molecular flexibility index (Phi) is 1.56. The first-order valence-electron chi connectivity index (χ1n) is 4.57. The Hall–Kier alpha value is -0.860. The summed E-state index contributed by atoms with van der Waals surface area (Å²) in [5.41, 5.74) is 3.92. The number of thiophene rings is 2. The van der Waals surface area contributed by atoms with E-state index in [0.717, 1.165) is 0 Å². The fourth-order valence-corrected chi connectivity index (χ4v) is 4.20. The molecule has 0 aromatic carbocycles. The Labute approximate surface area is 91.5 Å². The quantitative estimate of drug-likeness (QED) is 0.522. The summed E-state index contributed by atoms with van der Waals surface area (Å²) in [6, 6.07) is 4.51. The fraction of sp³-hybridized carbons (Fsp3) is 0.167. The zero-order valence-electron chi connectivity index (χ0n) is 8.18. The van der Waals surface area contributed by atoms with Crippen LogP contribution in [0.3, 0.4) is 0 Å². The van der Waals surface area contributed by atoms with Crippen molar-refractivity contribution in [2.45, 2.75) is 13.8 Å². The zero-order chi connectivity index (χ0) is 9.87. The van der Waals surface area contributed by atoms with Crippen molar-refractivity contribution in [2.24, 2.45) is 0 Å². The van der Waals surface area contributed by atoms with E-state index in [1.165, 1.54) is 36.2 Å². The molecular formula is C12H10S2. The Morgan fingerprint density at radius 2 is 1.36 bits per heavy atom. The molecule has 0 atom stereocenters. The summed E-state index contributed by atoms with van der Waals surface area (Å²) in [5.74, 6) is 0. The minimum Gasteiger partial charge on any atom is -0.139 e. The van der Waals surface area contributed by atoms with E-state index < -0.39 is 0 Å². The third kappa shape index (κ3) is 0.928. The molecule has 0 fully saturated rings. The van der Waals surface area contributed by atoms with Crippen LogP contribution in [0.15, 0.2) is 18.7 Å². The molecule has 3 rings (SSSR count). The van der Waals surface area contributed by atoms with E-state index in [2.05, 4.69) is 32.6 Å². The van der Waals surface area contributed by atoms with Gasteiger partial charge in [-0.2, -0.15) is 0 Å². The average molecular weight is 218 g/mol. The molecule has 2 heteroatoms. The number of hydrogen-bond donors (Lipinski definition) is 0. The molecule has 1 aliphatic carbocycles. The largest absolute Gasteiger partial charge is 0.139 e. The van der Waals surface area contributed by atoms with E-state index in [1.54, 1.807) is 0 Å². The van der Waals surface area contributed by atoms with Gasteiger partial charge in [-0.15, -0.1) is 22.7 Å². The van der Waals surface area contributed by atoms with Crippen molar-refractivity contribution in [2.75, 3.05) is 0 Å². The highest BCUT2D eigenvalue weighted by Crippen LogP contribution is 2.51. The van der Waals surface area contributed by atoms with Crippen molar-refractivity contribution in [1.29, 1.82) is 0 Å². The van der Waals surface area contributed by atoms with Crippen LogP contribution in [-0.4, -0.2) is 0 Å². The van der Waals surface area contributed by atoms with Crippen LogP contribution in [0.2, 0.25) is 0 Å². The SMILES string of the molecule is C=C1c2cc(C)sc2-c2sc(C)cc21. The Balaban J connectivity index is 2.37. The molecule has 2 aromatic rings. The highest BCUT2D eigenvalue weighted by atomic mass is 32.1. The molecule has 0 aliphatic heterocycles. The number of hydrogen-bond acceptors (Lipinski definition) is 2. The van der Waals surface area contributed by atoms with Crippen LogP contribution in [0, 0.1) is 13.8 Å². The van der Waals surface area contributed by atoms with E-state index >= 15 is 0 Å². The van der Waals surface area contributed by atoms with E-state index in [1.807, 2.05) is 22.7 Å². The molecule has 0 saturated carbocycles. The maximum absolute atomic E-state index is 4.18. The first kappa shape index (κ1) is 8.45. The summed E-state index contributed by atoms with van der Waals surface area (Å²) in [6.07, 6.45) is 0. The molecule has 1 aliphatic rings. The number of rotatable bonds is 0. The van der Waals surface area contributed by atoms with E-state index in [9.17, 15) is 0 Å². The fourth-order valence-electron chi connectivity index (χ4n) is 1.96. The van der Waals surface area contributed by atoms with Gasteiger partial charge >= 0.3 is 0 Å². The van der Waals surface area contributed by atoms with Gasteiger partial charge in [0, 0.05) is 20.9 Å². The van der Waals surface area contributed by atoms with Gasteiger partial charge in [-0.05, 0) is 31.6 Å². The molecule has 2 heterocycles. The summed E-state index contributed by atoms with van der Waals surface area (Å²) in [4.78, 5) is 5.63. The van der Waals surface area contributed by atoms with Gasteiger partial charge in [0.15, 0.2) is 0 Å². The van der Waals surface area contributed by atoms with Crippen molar-refractivity contribution in [3.05, 3.63) is 39.6 Å². The molecule has 0 bridgehead atoms. The van der Waals surface area contributed by atoms with E-state index in [-0.39, 0.29) is 0 Å². The molecule has 0 radical (unpaired) electrons. The summed E-state index contributed by atoms with van der Waals surface area (Å²) in [7, 11) is 0. The topological polar surface area (TPSA) is 0 Å². The van der Waals surface area contributed by atoms with Crippen LogP contribution in [-0.2, 0) is 0 Å². The Bertz CT molecular complexity index is 492. The van der Waals surface area contributed by atoms with Gasteiger partial charge in [0.05, 0.1) is 9.75 Å². The standard InChI is InChI=1S/C12H10S2/c1-6-4-9-8(3)10-5-7(2)14-12(10)11(9)13-6/h4-5H,3H2,1-2H3. The second-order valence-corrected chi connectivity index (χ2v) is 6.19. The van der Waals surface area contributed by atoms with Crippen LogP contribution < -0.4 is 0 Å². The second kappa shape index (κ2) is 2.59. The summed E-state index contributed by atoms with van der Waals surface area (Å²) >= 11 is 3.77. The van der Waals surface area contributed by atoms with Gasteiger partial charge < -0.3 is 0 Å². The zero-order valence-corrected chi connectivity index (χ0v) is 9.81. The van der Waals surface area contributed by atoms with E-state index in [4.69, 9.17) is 0 Å². The molecule has 0 amide bonds. The lowest BCUT2D eigenvalue weighted by atomic mass is 10.1. The second-order valence-electron chi connectivity index (χ2n) is 3.68. The van der Waals surface area contributed by atoms with Crippen molar-refractivity contribution >= 4 is 28.2 Å². The van der Waals surface area contributed by atoms with Crippen LogP contribution >= 0.6 is 22.7 Å². The lowest BCUT2D eigenvalue weighted by Crippen LogP contribution is -1.73. The summed E-state index contributed by atoms with van der Waals surface area (Å²) in [6.45, 7) is 8.50. The minimum atomic E-state index is 1.21. The molecule has 0 N–H and O–H groups in total. The maximum Gasteiger partial charge on any atom is 0.0530 e. The van der Waals surface area contributed by atoms with Crippen LogP contribution in [0.5, 0.6) is 0 Å². The first-order chi connectivity index (χ1) is 6.66. The molecule has 2 aromatic heterocycles. The highest BCUT2D eigenvalue weighted by Gasteiger charge is 2.26. The first-order valence-corrected chi connectivity index (χ1v) is 6.21. The van der Waals surface area contributed by atoms with Gasteiger partial charge in [0.2, 0.25) is 0 Å². The molecule has 0 saturated heterocycles. The monoisotopic (exact) mass is 218 g/mol. The summed E-state index contributed by atoms with van der Waals surface area (Å²) < 4.78 is 0. The average Bonchev–Trinajstić information content (AvgIpc) is 2.71. The van der Waals surface area contributed by atoms with Gasteiger partial charge in [0.1, 0.15) is 0 Å². The highest BCUT2D eigenvalue weighted by molar-refractivity contribution is 7.23. The Morgan fingerprint density at radius 1 is 0.929 bits per heavy atom. The normalized spacial score (nSPS) is 13.1. The predicted molar refractivity (Wildman–Crippen MR) is 65.2 cm³/mol. The van der Waals surface area contributed by atoms with Gasteiger partial charge in [-0.25, -0.2) is 0 Å². The molecule has 70 valence electrons. The van der Waals surface area contributed by atoms with Crippen molar-refractivity contribution in [3.8, 4) is 9.75 Å². The third-order valence-electron chi connectivity index (χ3n) is 2.57. The van der Waals surface area contributed by atoms with Crippen LogP contribution in [0.1, 0.15) is 20.9 Å². The molecule has 0 unspecified atom stereocenters. The maximum atomic E-state index is 4.18. The Morgan fingerprint density at radius 3 is 1.79 bits per heavy atom. The lowest BCUT2D eigenvalue weighted by Gasteiger charge is -1.92.